The average molecular weight is 427 g/mol. The van der Waals surface area contributed by atoms with Gasteiger partial charge in [0.05, 0.1) is 23.3 Å². The number of benzene rings is 2. The number of H-pyrrole nitrogens is 1. The Kier molecular flexibility index (Phi) is 7.21. The summed E-state index contributed by atoms with van der Waals surface area (Å²) in [6.07, 6.45) is 1.81. The molecule has 1 aromatic heterocycles. The molecule has 2 aromatic carbocycles. The Morgan fingerprint density at radius 3 is 2.40 bits per heavy atom. The summed E-state index contributed by atoms with van der Waals surface area (Å²) < 4.78 is 27.1. The molecule has 0 amide bonds. The maximum Gasteiger partial charge on any atom is 0.240 e. The van der Waals surface area contributed by atoms with E-state index in [1.807, 2.05) is 48.5 Å². The number of rotatable bonds is 8. The quantitative estimate of drug-likeness (QED) is 0.291. The molecule has 0 aliphatic heterocycles. The Labute approximate surface area is 177 Å². The smallest absolute Gasteiger partial charge is 0.240 e. The molecule has 0 spiro atoms. The molecule has 1 heterocycles. The Morgan fingerprint density at radius 1 is 1.07 bits per heavy atom. The second kappa shape index (κ2) is 10.0. The largest absolute Gasteiger partial charge is 0.355 e. The number of sulfonamides is 1. The average Bonchev–Trinajstić information content (AvgIpc) is 3.23. The molecule has 0 atom stereocenters. The van der Waals surface area contributed by atoms with E-state index in [9.17, 15) is 8.42 Å². The first-order valence-electron chi connectivity index (χ1n) is 9.55. The van der Waals surface area contributed by atoms with Gasteiger partial charge < -0.3 is 15.2 Å². The van der Waals surface area contributed by atoms with Crippen molar-refractivity contribution in [3.05, 3.63) is 72.7 Å². The van der Waals surface area contributed by atoms with Gasteiger partial charge in [-0.1, -0.05) is 48.5 Å². The van der Waals surface area contributed by atoms with Gasteiger partial charge in [-0.15, -0.1) is 0 Å². The fraction of sp³-hybridized carbons (Fsp3) is 0.238. The third-order valence-electron chi connectivity index (χ3n) is 4.43. The molecule has 0 fully saturated rings. The lowest BCUT2D eigenvalue weighted by atomic mass is 10.2. The maximum atomic E-state index is 12.2. The van der Waals surface area contributed by atoms with E-state index in [0.29, 0.717) is 19.0 Å². The van der Waals surface area contributed by atoms with Crippen molar-refractivity contribution in [3.8, 4) is 11.3 Å². The molecule has 0 saturated heterocycles. The molecular weight excluding hydrogens is 400 g/mol. The van der Waals surface area contributed by atoms with Crippen LogP contribution in [0.5, 0.6) is 0 Å². The first-order chi connectivity index (χ1) is 14.5. The minimum atomic E-state index is -3.52. The molecule has 0 aliphatic rings. The van der Waals surface area contributed by atoms with Crippen molar-refractivity contribution in [1.82, 2.24) is 24.9 Å². The van der Waals surface area contributed by atoms with Crippen molar-refractivity contribution in [3.63, 3.8) is 0 Å². The highest BCUT2D eigenvalue weighted by atomic mass is 32.2. The van der Waals surface area contributed by atoms with Crippen LogP contribution in [0.2, 0.25) is 0 Å². The number of nitrogens with zero attached hydrogens (tertiary/aromatic N) is 3. The summed E-state index contributed by atoms with van der Waals surface area (Å²) in [5, 5.41) is 3.16. The number of hydrogen-bond donors (Lipinski definition) is 3. The second-order valence-corrected chi connectivity index (χ2v) is 8.42. The molecule has 3 rings (SSSR count). The van der Waals surface area contributed by atoms with Gasteiger partial charge in [-0.05, 0) is 17.7 Å². The summed E-state index contributed by atoms with van der Waals surface area (Å²) in [7, 11) is 0.0662. The first-order valence-corrected chi connectivity index (χ1v) is 11.0. The summed E-state index contributed by atoms with van der Waals surface area (Å²) >= 11 is 0. The van der Waals surface area contributed by atoms with Gasteiger partial charge in [0, 0.05) is 27.2 Å². The van der Waals surface area contributed by atoms with E-state index < -0.39 is 10.0 Å². The van der Waals surface area contributed by atoms with Gasteiger partial charge in [0.15, 0.2) is 5.96 Å². The van der Waals surface area contributed by atoms with Gasteiger partial charge >= 0.3 is 0 Å². The molecule has 3 N–H and O–H groups in total. The molecule has 0 saturated carbocycles. The number of nitrogens with one attached hydrogen (secondary N) is 3. The summed E-state index contributed by atoms with van der Waals surface area (Å²) in [6.45, 7) is 1.17. The zero-order chi connectivity index (χ0) is 21.4. The molecule has 0 bridgehead atoms. The van der Waals surface area contributed by atoms with Crippen molar-refractivity contribution in [1.29, 1.82) is 0 Å². The van der Waals surface area contributed by atoms with Crippen LogP contribution in [0.3, 0.4) is 0 Å². The lowest BCUT2D eigenvalue weighted by molar-refractivity contribution is 0.464. The van der Waals surface area contributed by atoms with Gasteiger partial charge in [-0.25, -0.2) is 18.1 Å². The minimum Gasteiger partial charge on any atom is -0.355 e. The number of aliphatic imine (C=N–C) groups is 1. The van der Waals surface area contributed by atoms with E-state index in [1.54, 1.807) is 37.4 Å². The molecule has 30 heavy (non-hydrogen) atoms. The zero-order valence-corrected chi connectivity index (χ0v) is 17.9. The van der Waals surface area contributed by atoms with Crippen LogP contribution in [0, 0.1) is 0 Å². The van der Waals surface area contributed by atoms with Crippen LogP contribution < -0.4 is 10.0 Å². The summed E-state index contributed by atoms with van der Waals surface area (Å²) in [5.74, 6) is 1.45. The highest BCUT2D eigenvalue weighted by Crippen LogP contribution is 2.16. The number of aromatic nitrogens is 2. The molecule has 0 unspecified atom stereocenters. The predicted molar refractivity (Wildman–Crippen MR) is 118 cm³/mol. The fourth-order valence-corrected chi connectivity index (χ4v) is 3.99. The van der Waals surface area contributed by atoms with Gasteiger partial charge in [-0.3, -0.25) is 4.99 Å². The van der Waals surface area contributed by atoms with E-state index in [-0.39, 0.29) is 11.4 Å². The van der Waals surface area contributed by atoms with Crippen molar-refractivity contribution in [2.75, 3.05) is 27.2 Å². The van der Waals surface area contributed by atoms with E-state index in [1.165, 1.54) is 0 Å². The van der Waals surface area contributed by atoms with E-state index in [4.69, 9.17) is 0 Å². The normalized spacial score (nSPS) is 12.0. The Bertz CT molecular complexity index is 1070. The van der Waals surface area contributed by atoms with Crippen molar-refractivity contribution in [2.45, 2.75) is 11.4 Å². The third-order valence-corrected chi connectivity index (χ3v) is 5.90. The monoisotopic (exact) mass is 426 g/mol. The number of hydrogen-bond acceptors (Lipinski definition) is 4. The lowest BCUT2D eigenvalue weighted by Gasteiger charge is -2.21. The van der Waals surface area contributed by atoms with Crippen LogP contribution in [0.4, 0.5) is 0 Å². The third kappa shape index (κ3) is 5.68. The standard InChI is InChI=1S/C21H26N6O2S/c1-22-21(23-13-14-25-30(28,29)18-11-7-4-8-12-18)27(2)16-20-24-15-19(26-20)17-9-5-3-6-10-17/h3-12,15,25H,13-14,16H2,1-2H3,(H,22,23)(H,24,26). The van der Waals surface area contributed by atoms with Crippen molar-refractivity contribution in [2.24, 2.45) is 4.99 Å². The highest BCUT2D eigenvalue weighted by Gasteiger charge is 2.13. The summed E-state index contributed by atoms with van der Waals surface area (Å²) in [4.78, 5) is 14.2. The molecule has 9 heteroatoms. The topological polar surface area (TPSA) is 102 Å². The van der Waals surface area contributed by atoms with E-state index in [2.05, 4.69) is 25.0 Å². The van der Waals surface area contributed by atoms with Crippen molar-refractivity contribution >= 4 is 16.0 Å². The number of imidazole rings is 1. The molecule has 158 valence electrons. The highest BCUT2D eigenvalue weighted by molar-refractivity contribution is 7.89. The van der Waals surface area contributed by atoms with E-state index >= 15 is 0 Å². The Balaban J connectivity index is 1.50. The summed E-state index contributed by atoms with van der Waals surface area (Å²) in [6, 6.07) is 18.3. The maximum absolute atomic E-state index is 12.2. The lowest BCUT2D eigenvalue weighted by Crippen LogP contribution is -2.42. The van der Waals surface area contributed by atoms with Crippen LogP contribution in [0.1, 0.15) is 5.82 Å². The zero-order valence-electron chi connectivity index (χ0n) is 17.0. The molecule has 0 aliphatic carbocycles. The second-order valence-electron chi connectivity index (χ2n) is 6.65. The Hall–Kier alpha value is -3.17. The SMILES string of the molecule is CN=C(NCCNS(=O)(=O)c1ccccc1)N(C)Cc1ncc(-c2ccccc2)[nH]1. The number of guanidine groups is 1. The fourth-order valence-electron chi connectivity index (χ4n) is 2.93. The molecule has 8 nitrogen and oxygen atoms in total. The molecular formula is C21H26N6O2S. The Morgan fingerprint density at radius 2 is 1.73 bits per heavy atom. The predicted octanol–water partition coefficient (Wildman–Crippen LogP) is 2.06. The van der Waals surface area contributed by atoms with Gasteiger partial charge in [0.2, 0.25) is 10.0 Å². The van der Waals surface area contributed by atoms with Gasteiger partial charge in [-0.2, -0.15) is 0 Å². The van der Waals surface area contributed by atoms with Crippen LogP contribution in [-0.4, -0.2) is 56.4 Å². The van der Waals surface area contributed by atoms with Crippen LogP contribution in [0.25, 0.3) is 11.3 Å². The first kappa shape index (κ1) is 21.5. The van der Waals surface area contributed by atoms with Crippen LogP contribution in [0.15, 0.2) is 76.7 Å². The van der Waals surface area contributed by atoms with Gasteiger partial charge in [0.1, 0.15) is 5.82 Å². The van der Waals surface area contributed by atoms with Crippen LogP contribution in [-0.2, 0) is 16.6 Å². The van der Waals surface area contributed by atoms with Crippen molar-refractivity contribution < 1.29 is 8.42 Å². The van der Waals surface area contributed by atoms with E-state index in [0.717, 1.165) is 17.1 Å². The molecule has 3 aromatic rings. The summed E-state index contributed by atoms with van der Waals surface area (Å²) in [5.41, 5.74) is 2.03. The molecule has 0 radical (unpaired) electrons. The minimum absolute atomic E-state index is 0.239. The van der Waals surface area contributed by atoms with Gasteiger partial charge in [0.25, 0.3) is 0 Å². The van der Waals surface area contributed by atoms with Crippen LogP contribution >= 0.6 is 0 Å². The number of aromatic amines is 1.